The van der Waals surface area contributed by atoms with E-state index < -0.39 is 12.6 Å². The lowest BCUT2D eigenvalue weighted by Crippen LogP contribution is -2.27. The first kappa shape index (κ1) is 14.4. The molecule has 0 saturated carbocycles. The highest BCUT2D eigenvalue weighted by atomic mass is 16.5. The van der Waals surface area contributed by atoms with Gasteiger partial charge in [0, 0.05) is 24.0 Å². The average Bonchev–Trinajstić information content (AvgIpc) is 2.98. The van der Waals surface area contributed by atoms with Gasteiger partial charge in [0.1, 0.15) is 5.75 Å². The summed E-state index contributed by atoms with van der Waals surface area (Å²) in [6.45, 7) is -0.0416. The van der Waals surface area contributed by atoms with Crippen LogP contribution in [0.1, 0.15) is 5.56 Å². The number of ether oxygens (including phenoxy) is 1. The number of urea groups is 1. The van der Waals surface area contributed by atoms with Gasteiger partial charge < -0.3 is 20.5 Å². The second-order valence-corrected chi connectivity index (χ2v) is 4.12. The van der Waals surface area contributed by atoms with E-state index in [-0.39, 0.29) is 6.03 Å². The molecule has 8 nitrogen and oxygen atoms in total. The maximum Gasteiger partial charge on any atom is 0.341 e. The highest BCUT2D eigenvalue weighted by Gasteiger charge is 2.03. The minimum atomic E-state index is -1.05. The van der Waals surface area contributed by atoms with Gasteiger partial charge in [0.15, 0.2) is 6.61 Å². The van der Waals surface area contributed by atoms with Crippen molar-refractivity contribution in [3.63, 3.8) is 0 Å². The summed E-state index contributed by atoms with van der Waals surface area (Å²) in [5.41, 5.74) is 1.44. The second-order valence-electron chi connectivity index (χ2n) is 4.12. The lowest BCUT2D eigenvalue weighted by molar-refractivity contribution is -0.139. The summed E-state index contributed by atoms with van der Waals surface area (Å²) < 4.78 is 4.99. The molecule has 0 aliphatic carbocycles. The summed E-state index contributed by atoms with van der Waals surface area (Å²) in [5, 5.41) is 20.2. The number of nitrogens with zero attached hydrogens (tertiary/aromatic N) is 1. The lowest BCUT2D eigenvalue weighted by atomic mass is 10.3. The number of carbonyl (C=O) groups is 2. The molecule has 1 aromatic heterocycles. The van der Waals surface area contributed by atoms with Crippen LogP contribution in [0.2, 0.25) is 0 Å². The Kier molecular flexibility index (Phi) is 4.75. The number of carboxylic acid groups (broad SMARTS) is 1. The monoisotopic (exact) mass is 290 g/mol. The van der Waals surface area contributed by atoms with Crippen molar-refractivity contribution in [3.05, 3.63) is 42.2 Å². The van der Waals surface area contributed by atoms with Gasteiger partial charge in [-0.2, -0.15) is 5.10 Å². The van der Waals surface area contributed by atoms with Gasteiger partial charge in [-0.05, 0) is 24.3 Å². The molecule has 0 fully saturated rings. The maximum absolute atomic E-state index is 11.6. The van der Waals surface area contributed by atoms with E-state index in [0.29, 0.717) is 18.0 Å². The van der Waals surface area contributed by atoms with Gasteiger partial charge in [-0.3, -0.25) is 5.10 Å². The summed E-state index contributed by atoms with van der Waals surface area (Å²) >= 11 is 0. The molecule has 2 rings (SSSR count). The topological polar surface area (TPSA) is 116 Å². The smallest absolute Gasteiger partial charge is 0.341 e. The normalized spacial score (nSPS) is 9.90. The van der Waals surface area contributed by atoms with Crippen molar-refractivity contribution in [2.24, 2.45) is 0 Å². The predicted molar refractivity (Wildman–Crippen MR) is 74.0 cm³/mol. The van der Waals surface area contributed by atoms with Crippen molar-refractivity contribution < 1.29 is 19.4 Å². The molecule has 4 N–H and O–H groups in total. The van der Waals surface area contributed by atoms with Gasteiger partial charge in [-0.1, -0.05) is 0 Å². The molecule has 0 radical (unpaired) electrons. The fourth-order valence-electron chi connectivity index (χ4n) is 1.51. The summed E-state index contributed by atoms with van der Waals surface area (Å²) in [6, 6.07) is 6.04. The van der Waals surface area contributed by atoms with Crippen molar-refractivity contribution in [2.75, 3.05) is 11.9 Å². The number of anilines is 1. The Bertz CT molecular complexity index is 595. The standard InChI is InChI=1S/C13H14N4O4/c18-12(19)8-21-11-3-1-10(2-4-11)17-13(20)14-5-9-6-15-16-7-9/h1-4,6-7H,5,8H2,(H,15,16)(H,18,19)(H2,14,17,20). The van der Waals surface area contributed by atoms with Crippen molar-refractivity contribution in [3.8, 4) is 5.75 Å². The Morgan fingerprint density at radius 2 is 2.05 bits per heavy atom. The Morgan fingerprint density at radius 1 is 1.29 bits per heavy atom. The largest absolute Gasteiger partial charge is 0.482 e. The van der Waals surface area contributed by atoms with Gasteiger partial charge in [-0.15, -0.1) is 0 Å². The minimum Gasteiger partial charge on any atom is -0.482 e. The zero-order chi connectivity index (χ0) is 15.1. The van der Waals surface area contributed by atoms with E-state index in [4.69, 9.17) is 9.84 Å². The summed E-state index contributed by atoms with van der Waals surface area (Å²) in [4.78, 5) is 22.0. The number of nitrogens with one attached hydrogen (secondary N) is 3. The number of aliphatic carboxylic acids is 1. The molecule has 0 saturated heterocycles. The van der Waals surface area contributed by atoms with E-state index in [1.807, 2.05) is 0 Å². The van der Waals surface area contributed by atoms with Crippen LogP contribution in [0, 0.1) is 0 Å². The van der Waals surface area contributed by atoms with Gasteiger partial charge in [-0.25, -0.2) is 9.59 Å². The van der Waals surface area contributed by atoms with Gasteiger partial charge in [0.05, 0.1) is 6.20 Å². The molecule has 0 unspecified atom stereocenters. The summed E-state index contributed by atoms with van der Waals surface area (Å²) in [6.07, 6.45) is 3.31. The molecule has 110 valence electrons. The SMILES string of the molecule is O=C(O)COc1ccc(NC(=O)NCc2cn[nH]c2)cc1. The maximum atomic E-state index is 11.6. The summed E-state index contributed by atoms with van der Waals surface area (Å²) in [7, 11) is 0. The van der Waals surface area contributed by atoms with Crippen LogP contribution in [-0.4, -0.2) is 33.9 Å². The van der Waals surface area contributed by atoms with Gasteiger partial charge in [0.2, 0.25) is 0 Å². The number of benzene rings is 1. The highest BCUT2D eigenvalue weighted by molar-refractivity contribution is 5.89. The van der Waals surface area contributed by atoms with Gasteiger partial charge in [0.25, 0.3) is 0 Å². The molecule has 1 heterocycles. The van der Waals surface area contributed by atoms with Crippen LogP contribution in [0.3, 0.4) is 0 Å². The number of hydrogen-bond acceptors (Lipinski definition) is 4. The lowest BCUT2D eigenvalue weighted by Gasteiger charge is -2.08. The minimum absolute atomic E-state index is 0.351. The highest BCUT2D eigenvalue weighted by Crippen LogP contribution is 2.15. The molecule has 0 aliphatic rings. The third-order valence-corrected chi connectivity index (χ3v) is 2.48. The van der Waals surface area contributed by atoms with Crippen LogP contribution in [0.15, 0.2) is 36.7 Å². The quantitative estimate of drug-likeness (QED) is 0.637. The fraction of sp³-hybridized carbons (Fsp3) is 0.154. The molecule has 0 aliphatic heterocycles. The molecule has 0 spiro atoms. The Morgan fingerprint density at radius 3 is 2.67 bits per heavy atom. The Labute approximate surface area is 120 Å². The molecule has 2 amide bonds. The molecule has 21 heavy (non-hydrogen) atoms. The van der Waals surface area contributed by atoms with Crippen LogP contribution in [0.5, 0.6) is 5.75 Å². The third-order valence-electron chi connectivity index (χ3n) is 2.48. The zero-order valence-electron chi connectivity index (χ0n) is 11.0. The number of aromatic nitrogens is 2. The molecular formula is C13H14N4O4. The van der Waals surface area contributed by atoms with E-state index in [0.717, 1.165) is 5.56 Å². The van der Waals surface area contributed by atoms with Crippen LogP contribution < -0.4 is 15.4 Å². The number of carboxylic acids is 1. The molecule has 1 aromatic carbocycles. The third kappa shape index (κ3) is 4.86. The number of aromatic amines is 1. The van der Waals surface area contributed by atoms with Crippen LogP contribution in [0.25, 0.3) is 0 Å². The van der Waals surface area contributed by atoms with Crippen LogP contribution in [0.4, 0.5) is 10.5 Å². The van der Waals surface area contributed by atoms with Crippen LogP contribution >= 0.6 is 0 Å². The fourth-order valence-corrected chi connectivity index (χ4v) is 1.51. The average molecular weight is 290 g/mol. The molecule has 0 atom stereocenters. The van der Waals surface area contributed by atoms with E-state index in [1.165, 1.54) is 0 Å². The molecule has 8 heteroatoms. The number of rotatable bonds is 6. The Hall–Kier alpha value is -3.03. The molecule has 2 aromatic rings. The second kappa shape index (κ2) is 6.94. The van der Waals surface area contributed by atoms with Crippen LogP contribution in [-0.2, 0) is 11.3 Å². The van der Waals surface area contributed by atoms with E-state index in [2.05, 4.69) is 20.8 Å². The Balaban J connectivity index is 1.79. The summed E-state index contributed by atoms with van der Waals surface area (Å²) in [5.74, 6) is -0.627. The number of carbonyl (C=O) groups excluding carboxylic acids is 1. The zero-order valence-corrected chi connectivity index (χ0v) is 11.0. The first-order valence-corrected chi connectivity index (χ1v) is 6.10. The van der Waals surface area contributed by atoms with Gasteiger partial charge >= 0.3 is 12.0 Å². The number of hydrogen-bond donors (Lipinski definition) is 4. The van der Waals surface area contributed by atoms with Crippen molar-refractivity contribution in [2.45, 2.75) is 6.54 Å². The number of amides is 2. The number of H-pyrrole nitrogens is 1. The first-order valence-electron chi connectivity index (χ1n) is 6.10. The predicted octanol–water partition coefficient (Wildman–Crippen LogP) is 1.19. The molecule has 0 bridgehead atoms. The van der Waals surface area contributed by atoms with E-state index in [1.54, 1.807) is 36.7 Å². The van der Waals surface area contributed by atoms with Crippen molar-refractivity contribution in [1.29, 1.82) is 0 Å². The molecular weight excluding hydrogens is 276 g/mol. The first-order chi connectivity index (χ1) is 10.1. The van der Waals surface area contributed by atoms with E-state index in [9.17, 15) is 9.59 Å². The van der Waals surface area contributed by atoms with Crippen molar-refractivity contribution >= 4 is 17.7 Å². The van der Waals surface area contributed by atoms with E-state index >= 15 is 0 Å². The van der Waals surface area contributed by atoms with Crippen molar-refractivity contribution in [1.82, 2.24) is 15.5 Å².